The van der Waals surface area contributed by atoms with E-state index in [9.17, 15) is 0 Å². The van der Waals surface area contributed by atoms with Crippen molar-refractivity contribution in [1.82, 2.24) is 0 Å². The maximum absolute atomic E-state index is 0. The summed E-state index contributed by atoms with van der Waals surface area (Å²) < 4.78 is 0. The summed E-state index contributed by atoms with van der Waals surface area (Å²) >= 11 is 0. The minimum atomic E-state index is 0. The number of hydrogen-bond acceptors (Lipinski definition) is 0. The molecule has 0 saturated carbocycles. The molecule has 0 atom stereocenters. The van der Waals surface area contributed by atoms with E-state index >= 15 is 0 Å². The first-order valence-electron chi connectivity index (χ1n) is 0. The summed E-state index contributed by atoms with van der Waals surface area (Å²) in [6.45, 7) is 0. The van der Waals surface area contributed by atoms with Gasteiger partial charge in [-0.3, -0.25) is 0 Å². The van der Waals surface area contributed by atoms with Crippen LogP contribution in [0.1, 0.15) is 0 Å². The van der Waals surface area contributed by atoms with Gasteiger partial charge in [0.05, 0.1) is 0 Å². The molecule has 0 aliphatic rings. The van der Waals surface area contributed by atoms with Crippen molar-refractivity contribution in [2.24, 2.45) is 0 Å². The van der Waals surface area contributed by atoms with Crippen molar-refractivity contribution in [3.63, 3.8) is 0 Å². The van der Waals surface area contributed by atoms with E-state index in [0.717, 1.165) is 0 Å². The molecule has 0 amide bonds. The molecule has 0 spiro atoms. The molecule has 0 heterocycles. The van der Waals surface area contributed by atoms with Gasteiger partial charge in [-0.15, -0.1) is 0 Å². The molecule has 4 heavy (non-hydrogen) atoms. The molecule has 24 valence electrons. The average Bonchev–Trinajstić information content (AvgIpc) is 0. The molecule has 4 N–H and O–H groups in total. The van der Waals surface area contributed by atoms with Gasteiger partial charge in [0.2, 0.25) is 0 Å². The monoisotopic (exact) mass is 132 g/mol. The van der Waals surface area contributed by atoms with E-state index in [1.54, 1.807) is 0 Å². The molecule has 4 heteroatoms. The van der Waals surface area contributed by atoms with Crippen molar-refractivity contribution in [2.45, 2.75) is 0 Å². The second kappa shape index (κ2) is 40.8. The molecule has 0 aromatic carbocycles. The van der Waals surface area contributed by atoms with Crippen molar-refractivity contribution in [1.29, 1.82) is 0 Å². The summed E-state index contributed by atoms with van der Waals surface area (Å²) in [6, 6.07) is 0. The molecule has 2 nitrogen and oxygen atoms in total. The van der Waals surface area contributed by atoms with Crippen LogP contribution >= 0.6 is 0 Å². The van der Waals surface area contributed by atoms with Crippen LogP contribution in [0.15, 0.2) is 0 Å². The Labute approximate surface area is 44.4 Å². The van der Waals surface area contributed by atoms with Crippen molar-refractivity contribution in [3.8, 4) is 0 Å². The normalized spacial score (nSPS) is 0. The van der Waals surface area contributed by atoms with E-state index in [-0.39, 0.29) is 43.9 Å². The Morgan fingerprint density at radius 3 is 0.750 bits per heavy atom. The maximum Gasteiger partial charge on any atom is 2.00 e. The van der Waals surface area contributed by atoms with E-state index in [1.807, 2.05) is 0 Å². The van der Waals surface area contributed by atoms with Gasteiger partial charge in [-0.05, 0) is 0 Å². The fourth-order valence-electron chi connectivity index (χ4n) is 0. The van der Waals surface area contributed by atoms with Crippen molar-refractivity contribution < 1.29 is 30.4 Å². The first-order chi connectivity index (χ1) is 0. The van der Waals surface area contributed by atoms with Crippen LogP contribution in [0.4, 0.5) is 0 Å². The number of rotatable bonds is 0. The Morgan fingerprint density at radius 1 is 0.750 bits per heavy atom. The van der Waals surface area contributed by atoms with Gasteiger partial charge in [0.1, 0.15) is 0 Å². The molecule has 0 aromatic rings. The van der Waals surface area contributed by atoms with E-state index in [2.05, 4.69) is 0 Å². The van der Waals surface area contributed by atoms with Crippen molar-refractivity contribution in [3.05, 3.63) is 0 Å². The Kier molecular flexibility index (Phi) is 949. The second-order valence-electron chi connectivity index (χ2n) is 0. The fraction of sp³-hybridized carbons (Fsp3) is 0. The minimum absolute atomic E-state index is 0. The minimum Gasteiger partial charge on any atom is -2.00 e. The van der Waals surface area contributed by atoms with Crippen molar-refractivity contribution in [2.75, 3.05) is 0 Å². The van der Waals surface area contributed by atoms with Gasteiger partial charge in [0.25, 0.3) is 0 Å². The molecule has 0 unspecified atom stereocenters. The van der Waals surface area contributed by atoms with Crippen LogP contribution in [0.5, 0.6) is 0 Å². The zero-order valence-corrected chi connectivity index (χ0v) is 5.90. The quantitative estimate of drug-likeness (QED) is 0.356. The zero-order chi connectivity index (χ0) is 0. The molecule has 0 rings (SSSR count). The van der Waals surface area contributed by atoms with E-state index in [1.165, 1.54) is 0 Å². The fourth-order valence-corrected chi connectivity index (χ4v) is 0. The Balaban J connectivity index is 0. The molecule has 0 aromatic heterocycles. The molecule has 0 aliphatic carbocycles. The van der Waals surface area contributed by atoms with Crippen LogP contribution < -0.4 is 0 Å². The van der Waals surface area contributed by atoms with E-state index < -0.39 is 0 Å². The maximum atomic E-state index is 0. The largest absolute Gasteiger partial charge is 2.00 e. The van der Waals surface area contributed by atoms with Gasteiger partial charge >= 0.3 is 19.5 Å². The zero-order valence-electron chi connectivity index (χ0n) is 2.12. The van der Waals surface area contributed by atoms with Gasteiger partial charge < -0.3 is 24.4 Å². The molecule has 0 bridgehead atoms. The van der Waals surface area contributed by atoms with Crippen LogP contribution in [-0.2, 0) is 33.0 Å². The first kappa shape index (κ1) is 92.9. The Hall–Kier alpha value is 0.893. The molecule has 0 radical (unpaired) electrons. The summed E-state index contributed by atoms with van der Waals surface area (Å²) in [4.78, 5) is 0. The van der Waals surface area contributed by atoms with Gasteiger partial charge in [-0.2, -0.15) is 0 Å². The van der Waals surface area contributed by atoms with Crippen LogP contribution in [-0.4, -0.2) is 11.0 Å². The summed E-state index contributed by atoms with van der Waals surface area (Å²) in [7, 11) is 0. The molecule has 0 aliphatic heterocycles. The SMILES string of the molecule is O.O.[S-2].[Zn+2]. The first-order valence-corrected chi connectivity index (χ1v) is 0. The third-order valence-corrected chi connectivity index (χ3v) is 0. The van der Waals surface area contributed by atoms with Gasteiger partial charge in [-0.1, -0.05) is 0 Å². The van der Waals surface area contributed by atoms with Crippen LogP contribution in [0.2, 0.25) is 0 Å². The van der Waals surface area contributed by atoms with Crippen LogP contribution in [0.25, 0.3) is 0 Å². The number of hydrogen-bond donors (Lipinski definition) is 0. The predicted octanol–water partition coefficient (Wildman–Crippen LogP) is -1.65. The Morgan fingerprint density at radius 2 is 0.750 bits per heavy atom. The second-order valence-corrected chi connectivity index (χ2v) is 0. The van der Waals surface area contributed by atoms with Gasteiger partial charge in [-0.25, -0.2) is 0 Å². The smallest absolute Gasteiger partial charge is 2.00 e. The van der Waals surface area contributed by atoms with Gasteiger partial charge in [0, 0.05) is 0 Å². The summed E-state index contributed by atoms with van der Waals surface area (Å²) in [5.41, 5.74) is 0. The molecular formula is H4O2SZn. The van der Waals surface area contributed by atoms with Gasteiger partial charge in [0.15, 0.2) is 0 Å². The van der Waals surface area contributed by atoms with E-state index in [4.69, 9.17) is 0 Å². The molecule has 0 fully saturated rings. The van der Waals surface area contributed by atoms with E-state index in [0.29, 0.717) is 0 Å². The molecular weight excluding hydrogens is 129 g/mol. The third-order valence-electron chi connectivity index (χ3n) is 0. The van der Waals surface area contributed by atoms with Crippen LogP contribution in [0.3, 0.4) is 0 Å². The molecule has 0 saturated heterocycles. The predicted molar refractivity (Wildman–Crippen MR) is 14.6 cm³/mol. The van der Waals surface area contributed by atoms with Crippen molar-refractivity contribution >= 4 is 13.5 Å². The third kappa shape index (κ3) is 13.0. The summed E-state index contributed by atoms with van der Waals surface area (Å²) in [5, 5.41) is 0. The van der Waals surface area contributed by atoms with Crippen LogP contribution in [0, 0.1) is 0 Å². The topological polar surface area (TPSA) is 63.0 Å². The standard InChI is InChI=1S/2H2O.S.Zn/h2*1H2;;/q;;-2;+2. The average molecular weight is 133 g/mol. The summed E-state index contributed by atoms with van der Waals surface area (Å²) in [6.07, 6.45) is 0. The Bertz CT molecular complexity index is 6.00. The summed E-state index contributed by atoms with van der Waals surface area (Å²) in [5.74, 6) is 0.